The van der Waals surface area contributed by atoms with E-state index in [-0.39, 0.29) is 23.9 Å². The van der Waals surface area contributed by atoms with Crippen LogP contribution in [0.4, 0.5) is 13.6 Å². The molecule has 0 radical (unpaired) electrons. The second kappa shape index (κ2) is 12.9. The van der Waals surface area contributed by atoms with Gasteiger partial charge in [0.25, 0.3) is 0 Å². The van der Waals surface area contributed by atoms with E-state index in [2.05, 4.69) is 19.9 Å². The molecular weight excluding hydrogens is 602 g/mol. The first-order valence-electron chi connectivity index (χ1n) is 16.4. The minimum Gasteiger partial charge on any atom is -0.444 e. The van der Waals surface area contributed by atoms with Gasteiger partial charge in [0.05, 0.1) is 35.9 Å². The van der Waals surface area contributed by atoms with Gasteiger partial charge in [0.1, 0.15) is 28.9 Å². The molecule has 0 bridgehead atoms. The summed E-state index contributed by atoms with van der Waals surface area (Å²) in [5.41, 5.74) is 2.13. The van der Waals surface area contributed by atoms with Crippen LogP contribution in [0.3, 0.4) is 0 Å². The highest BCUT2D eigenvalue weighted by Crippen LogP contribution is 2.36. The zero-order valence-electron chi connectivity index (χ0n) is 27.6. The second-order valence-corrected chi connectivity index (χ2v) is 13.9. The lowest BCUT2D eigenvalue weighted by Crippen LogP contribution is -2.36. The molecule has 0 saturated carbocycles. The summed E-state index contributed by atoms with van der Waals surface area (Å²) in [7, 11) is 0. The Balaban J connectivity index is 1.17. The molecule has 47 heavy (non-hydrogen) atoms. The average Bonchev–Trinajstić information content (AvgIpc) is 3.82. The number of nitrogens with one attached hydrogen (secondary N) is 2. The monoisotopic (exact) mass is 644 g/mol. The van der Waals surface area contributed by atoms with Gasteiger partial charge in [-0.25, -0.2) is 23.5 Å². The maximum atomic E-state index is 15.5. The van der Waals surface area contributed by atoms with Gasteiger partial charge in [-0.15, -0.1) is 0 Å². The maximum Gasteiger partial charge on any atom is 0.410 e. The highest BCUT2D eigenvalue weighted by atomic mass is 19.1. The molecule has 2 aliphatic heterocycles. The molecule has 2 aromatic carbocycles. The normalized spacial score (nSPS) is 18.4. The van der Waals surface area contributed by atoms with Crippen LogP contribution in [0.1, 0.15) is 90.5 Å². The van der Waals surface area contributed by atoms with Gasteiger partial charge in [0.15, 0.2) is 0 Å². The zero-order chi connectivity index (χ0) is 33.5. The third kappa shape index (κ3) is 6.94. The highest BCUT2D eigenvalue weighted by Gasteiger charge is 2.35. The van der Waals surface area contributed by atoms with Crippen molar-refractivity contribution >= 4 is 12.0 Å². The lowest BCUT2D eigenvalue weighted by molar-refractivity contribution is -0.133. The van der Waals surface area contributed by atoms with Crippen molar-refractivity contribution in [3.63, 3.8) is 0 Å². The van der Waals surface area contributed by atoms with E-state index in [1.807, 2.05) is 39.5 Å². The van der Waals surface area contributed by atoms with Gasteiger partial charge in [0, 0.05) is 30.6 Å². The number of aromatic amines is 2. The van der Waals surface area contributed by atoms with Gasteiger partial charge >= 0.3 is 6.09 Å². The number of halogens is 2. The van der Waals surface area contributed by atoms with E-state index in [9.17, 15) is 9.59 Å². The number of nitrogens with zero attached hydrogens (tertiary/aromatic N) is 4. The Labute approximate surface area is 273 Å². The predicted octanol–water partition coefficient (Wildman–Crippen LogP) is 8.19. The molecule has 4 aromatic rings. The van der Waals surface area contributed by atoms with Crippen molar-refractivity contribution in [2.24, 2.45) is 5.92 Å². The van der Waals surface area contributed by atoms with Crippen LogP contribution in [0.2, 0.25) is 0 Å². The first-order valence-corrected chi connectivity index (χ1v) is 16.4. The summed E-state index contributed by atoms with van der Waals surface area (Å²) in [5.74, 6) is 0.666. The number of ether oxygens (including phenoxy) is 1. The van der Waals surface area contributed by atoms with Crippen LogP contribution in [0, 0.1) is 17.6 Å². The number of H-pyrrole nitrogens is 2. The average molecular weight is 645 g/mol. The Bertz CT molecular complexity index is 1770. The molecule has 2 aromatic heterocycles. The van der Waals surface area contributed by atoms with E-state index in [0.717, 1.165) is 25.7 Å². The number of benzene rings is 2. The van der Waals surface area contributed by atoms with Gasteiger partial charge in [-0.3, -0.25) is 9.69 Å². The number of carbonyl (C=O) groups excluding carboxylic acids is 2. The van der Waals surface area contributed by atoms with Crippen molar-refractivity contribution in [2.45, 2.75) is 84.4 Å². The molecule has 0 unspecified atom stereocenters. The molecule has 2 aliphatic rings. The van der Waals surface area contributed by atoms with E-state index in [1.54, 1.807) is 41.6 Å². The minimum absolute atomic E-state index is 0.112. The number of rotatable bonds is 7. The third-order valence-electron chi connectivity index (χ3n) is 8.71. The Morgan fingerprint density at radius 1 is 0.851 bits per heavy atom. The third-order valence-corrected chi connectivity index (χ3v) is 8.71. The number of carbonyl (C=O) groups is 2. The van der Waals surface area contributed by atoms with Gasteiger partial charge in [0.2, 0.25) is 5.91 Å². The number of likely N-dealkylation sites (tertiary alicyclic amines) is 2. The van der Waals surface area contributed by atoms with Crippen LogP contribution >= 0.6 is 0 Å². The van der Waals surface area contributed by atoms with Gasteiger partial charge in [-0.1, -0.05) is 26.0 Å². The molecule has 9 nitrogen and oxygen atoms in total. The fraction of sp³-hybridized carbons (Fsp3) is 0.444. The summed E-state index contributed by atoms with van der Waals surface area (Å²) >= 11 is 0. The van der Waals surface area contributed by atoms with Gasteiger partial charge < -0.3 is 19.6 Å². The van der Waals surface area contributed by atoms with Crippen LogP contribution in [0.15, 0.2) is 48.8 Å². The Kier molecular flexibility index (Phi) is 8.91. The number of aromatic nitrogens is 4. The minimum atomic E-state index is -0.609. The summed E-state index contributed by atoms with van der Waals surface area (Å²) in [6, 6.07) is 9.13. The molecule has 2 amide bonds. The van der Waals surface area contributed by atoms with Crippen molar-refractivity contribution in [1.82, 2.24) is 29.7 Å². The summed E-state index contributed by atoms with van der Waals surface area (Å²) in [6.45, 7) is 10.8. The van der Waals surface area contributed by atoms with Crippen LogP contribution in [0.25, 0.3) is 33.6 Å². The molecule has 248 valence electrons. The van der Waals surface area contributed by atoms with Gasteiger partial charge in [-0.2, -0.15) is 0 Å². The summed E-state index contributed by atoms with van der Waals surface area (Å²) in [6.07, 6.45) is 6.51. The van der Waals surface area contributed by atoms with E-state index < -0.39 is 23.3 Å². The predicted molar refractivity (Wildman–Crippen MR) is 175 cm³/mol. The van der Waals surface area contributed by atoms with E-state index in [4.69, 9.17) is 4.74 Å². The molecule has 6 rings (SSSR count). The molecule has 0 spiro atoms. The van der Waals surface area contributed by atoms with Gasteiger partial charge in [-0.05, 0) is 87.8 Å². The summed E-state index contributed by atoms with van der Waals surface area (Å²) < 4.78 is 36.5. The molecule has 2 N–H and O–H groups in total. The summed E-state index contributed by atoms with van der Waals surface area (Å²) in [4.78, 5) is 44.5. The van der Waals surface area contributed by atoms with Crippen LogP contribution in [-0.2, 0) is 9.53 Å². The van der Waals surface area contributed by atoms with Crippen molar-refractivity contribution < 1.29 is 23.1 Å². The van der Waals surface area contributed by atoms with Crippen LogP contribution < -0.4 is 0 Å². The zero-order valence-corrected chi connectivity index (χ0v) is 27.6. The number of amides is 2. The Morgan fingerprint density at radius 3 is 1.81 bits per heavy atom. The first kappa shape index (κ1) is 32.4. The SMILES string of the molecule is CC(C)CC(=O)N1CCC[C@H]1c1ncc(-c2ccc(-c3ccc(-c4cnc([C@@H]5CCCN5C(=O)OC(C)(C)C)[nH]4)c(F)c3)cc2F)[nH]1. The van der Waals surface area contributed by atoms with E-state index in [1.165, 1.54) is 12.1 Å². The quantitative estimate of drug-likeness (QED) is 0.211. The fourth-order valence-electron chi connectivity index (χ4n) is 6.52. The molecular formula is C36H42F2N6O3. The Morgan fingerprint density at radius 2 is 1.34 bits per heavy atom. The van der Waals surface area contributed by atoms with Crippen molar-refractivity contribution in [3.05, 3.63) is 72.1 Å². The summed E-state index contributed by atoms with van der Waals surface area (Å²) in [5, 5.41) is 0. The molecule has 2 fully saturated rings. The first-order chi connectivity index (χ1) is 22.4. The molecule has 2 saturated heterocycles. The topological polar surface area (TPSA) is 107 Å². The molecule has 4 heterocycles. The number of imidazole rings is 2. The van der Waals surface area contributed by atoms with Crippen molar-refractivity contribution in [2.75, 3.05) is 13.1 Å². The maximum absolute atomic E-state index is 15.5. The molecule has 2 atom stereocenters. The number of hydrogen-bond donors (Lipinski definition) is 2. The standard InChI is InChI=1S/C36H42F2N6O3/c1-21(2)16-32(45)43-14-6-8-30(43)33-39-19-28(41-33)24-12-10-22(17-26(24)37)23-11-13-25(27(38)18-23)29-20-40-34(42-29)31-9-7-15-44(31)35(46)47-36(3,4)5/h10-13,17-21,30-31H,6-9,14-16H2,1-5H3,(H,39,41)(H,40,42)/t30-,31-/m0/s1. The lowest BCUT2D eigenvalue weighted by Gasteiger charge is -2.27. The molecule has 11 heteroatoms. The lowest BCUT2D eigenvalue weighted by atomic mass is 10.00. The largest absolute Gasteiger partial charge is 0.444 e. The Hall–Kier alpha value is -4.54. The highest BCUT2D eigenvalue weighted by molar-refractivity contribution is 5.77. The molecule has 0 aliphatic carbocycles. The fourth-order valence-corrected chi connectivity index (χ4v) is 6.52. The van der Waals surface area contributed by atoms with Crippen LogP contribution in [0.5, 0.6) is 0 Å². The van der Waals surface area contributed by atoms with Crippen molar-refractivity contribution in [3.8, 4) is 33.6 Å². The van der Waals surface area contributed by atoms with E-state index >= 15 is 8.78 Å². The number of hydrogen-bond acceptors (Lipinski definition) is 5. The smallest absolute Gasteiger partial charge is 0.410 e. The van der Waals surface area contributed by atoms with Crippen LogP contribution in [-0.4, -0.2) is 60.4 Å². The van der Waals surface area contributed by atoms with E-state index in [0.29, 0.717) is 64.8 Å². The second-order valence-electron chi connectivity index (χ2n) is 13.9. The van der Waals surface area contributed by atoms with Crippen molar-refractivity contribution in [1.29, 1.82) is 0 Å².